The lowest BCUT2D eigenvalue weighted by atomic mass is 9.93. The lowest BCUT2D eigenvalue weighted by Crippen LogP contribution is -2.45. The van der Waals surface area contributed by atoms with Gasteiger partial charge in [-0.2, -0.15) is 11.8 Å². The second kappa shape index (κ2) is 3.61. The maximum absolute atomic E-state index is 11.3. The second-order valence-electron chi connectivity index (χ2n) is 3.30. The van der Waals surface area contributed by atoms with E-state index in [1.165, 1.54) is 10.9 Å². The first kappa shape index (κ1) is 9.51. The number of hydrogen-bond donors (Lipinski definition) is 1. The lowest BCUT2D eigenvalue weighted by molar-refractivity contribution is -0.148. The van der Waals surface area contributed by atoms with E-state index in [2.05, 4.69) is 10.3 Å². The molecule has 0 bridgehead atoms. The predicted molar refractivity (Wildman–Crippen MR) is 52.2 cm³/mol. The van der Waals surface area contributed by atoms with E-state index >= 15 is 0 Å². The van der Waals surface area contributed by atoms with Crippen LogP contribution in [0.1, 0.15) is 12.8 Å². The third-order valence-corrected chi connectivity index (χ3v) is 3.56. The topological polar surface area (TPSA) is 68.0 Å². The molecule has 1 aliphatic heterocycles. The fraction of sp³-hybridized carbons (Fsp3) is 0.625. The molecule has 6 heteroatoms. The molecule has 0 saturated carbocycles. The van der Waals surface area contributed by atoms with Gasteiger partial charge in [-0.05, 0) is 24.3 Å². The summed E-state index contributed by atoms with van der Waals surface area (Å²) < 4.78 is 1.48. The Labute approximate surface area is 85.5 Å². The Morgan fingerprint density at radius 2 is 2.21 bits per heavy atom. The number of hydrogen-bond acceptors (Lipinski definition) is 4. The van der Waals surface area contributed by atoms with Gasteiger partial charge in [0.25, 0.3) is 0 Å². The Bertz CT molecular complexity index is 319. The van der Waals surface area contributed by atoms with Crippen molar-refractivity contribution in [2.75, 3.05) is 11.5 Å². The minimum absolute atomic E-state index is 0.621. The van der Waals surface area contributed by atoms with Gasteiger partial charge in [-0.3, -0.25) is 0 Å². The monoisotopic (exact) mass is 213 g/mol. The van der Waals surface area contributed by atoms with Crippen LogP contribution in [0.5, 0.6) is 0 Å². The quantitative estimate of drug-likeness (QED) is 0.778. The lowest BCUT2D eigenvalue weighted by Gasteiger charge is -2.32. The molecule has 0 radical (unpaired) electrons. The zero-order valence-electron chi connectivity index (χ0n) is 7.59. The normalized spacial score (nSPS) is 20.6. The van der Waals surface area contributed by atoms with E-state index < -0.39 is 11.5 Å². The van der Waals surface area contributed by atoms with Crippen LogP contribution >= 0.6 is 11.8 Å². The van der Waals surface area contributed by atoms with Gasteiger partial charge in [-0.1, -0.05) is 5.21 Å². The molecule has 76 valence electrons. The van der Waals surface area contributed by atoms with Crippen molar-refractivity contribution >= 4 is 17.7 Å². The molecule has 1 saturated heterocycles. The zero-order valence-corrected chi connectivity index (χ0v) is 8.40. The fourth-order valence-corrected chi connectivity index (χ4v) is 2.85. The van der Waals surface area contributed by atoms with Gasteiger partial charge in [0.15, 0.2) is 5.54 Å². The summed E-state index contributed by atoms with van der Waals surface area (Å²) in [6.45, 7) is 0. The van der Waals surface area contributed by atoms with E-state index in [4.69, 9.17) is 0 Å². The molecule has 2 rings (SSSR count). The van der Waals surface area contributed by atoms with Crippen molar-refractivity contribution in [2.45, 2.75) is 18.4 Å². The number of aromatic nitrogens is 3. The molecule has 1 aromatic rings. The summed E-state index contributed by atoms with van der Waals surface area (Å²) in [5.41, 5.74) is -0.859. The third kappa shape index (κ3) is 1.39. The summed E-state index contributed by atoms with van der Waals surface area (Å²) in [6.07, 6.45) is 4.39. The maximum Gasteiger partial charge on any atom is 0.331 e. The van der Waals surface area contributed by atoms with Crippen LogP contribution in [0.2, 0.25) is 0 Å². The molecule has 0 aromatic carbocycles. The summed E-state index contributed by atoms with van der Waals surface area (Å²) in [7, 11) is 0. The Morgan fingerprint density at radius 3 is 2.71 bits per heavy atom. The molecule has 0 aliphatic carbocycles. The molecule has 5 nitrogen and oxygen atoms in total. The number of rotatable bonds is 2. The Hall–Kier alpha value is -1.04. The molecule has 14 heavy (non-hydrogen) atoms. The average molecular weight is 213 g/mol. The van der Waals surface area contributed by atoms with Crippen LogP contribution < -0.4 is 0 Å². The molecule has 0 atom stereocenters. The highest BCUT2D eigenvalue weighted by atomic mass is 32.2. The number of thioether (sulfide) groups is 1. The average Bonchev–Trinajstić information content (AvgIpc) is 2.72. The first-order chi connectivity index (χ1) is 6.76. The first-order valence-electron chi connectivity index (χ1n) is 4.44. The highest BCUT2D eigenvalue weighted by Gasteiger charge is 2.42. The summed E-state index contributed by atoms with van der Waals surface area (Å²) in [5, 5.41) is 16.7. The Kier molecular flexibility index (Phi) is 2.45. The van der Waals surface area contributed by atoms with Crippen LogP contribution in [0, 0.1) is 0 Å². The molecule has 2 heterocycles. The van der Waals surface area contributed by atoms with Crippen molar-refractivity contribution in [2.24, 2.45) is 0 Å². The summed E-state index contributed by atoms with van der Waals surface area (Å²) in [5.74, 6) is 0.932. The molecule has 1 N–H and O–H groups in total. The number of carbonyl (C=O) groups is 1. The molecule has 1 aromatic heterocycles. The van der Waals surface area contributed by atoms with Crippen LogP contribution in [-0.4, -0.2) is 37.6 Å². The van der Waals surface area contributed by atoms with Gasteiger partial charge in [-0.25, -0.2) is 9.48 Å². The number of carboxylic acids is 1. The van der Waals surface area contributed by atoms with E-state index in [1.54, 1.807) is 18.0 Å². The molecule has 1 aliphatic rings. The van der Waals surface area contributed by atoms with Crippen molar-refractivity contribution in [1.82, 2.24) is 15.0 Å². The third-order valence-electron chi connectivity index (χ3n) is 2.58. The SMILES string of the molecule is O=C(O)C1(n2ccnn2)CCSCC1. The highest BCUT2D eigenvalue weighted by Crippen LogP contribution is 2.33. The minimum Gasteiger partial charge on any atom is -0.479 e. The van der Waals surface area contributed by atoms with Crippen LogP contribution in [0.15, 0.2) is 12.4 Å². The predicted octanol–water partition coefficient (Wildman–Crippen LogP) is 0.585. The van der Waals surface area contributed by atoms with Crippen LogP contribution in [-0.2, 0) is 10.3 Å². The summed E-state index contributed by atoms with van der Waals surface area (Å²) >= 11 is 1.79. The minimum atomic E-state index is -0.859. The van der Waals surface area contributed by atoms with Gasteiger partial charge in [0, 0.05) is 6.20 Å². The first-order valence-corrected chi connectivity index (χ1v) is 5.59. The van der Waals surface area contributed by atoms with Crippen molar-refractivity contribution < 1.29 is 9.90 Å². The summed E-state index contributed by atoms with van der Waals surface area (Å²) in [4.78, 5) is 11.3. The van der Waals surface area contributed by atoms with Gasteiger partial charge in [0.1, 0.15) is 0 Å². The van der Waals surface area contributed by atoms with E-state index in [0.717, 1.165) is 11.5 Å². The van der Waals surface area contributed by atoms with Gasteiger partial charge in [-0.15, -0.1) is 5.10 Å². The van der Waals surface area contributed by atoms with Gasteiger partial charge in [0.2, 0.25) is 0 Å². The largest absolute Gasteiger partial charge is 0.479 e. The molecule has 0 amide bonds. The van der Waals surface area contributed by atoms with E-state index in [9.17, 15) is 9.90 Å². The van der Waals surface area contributed by atoms with E-state index in [-0.39, 0.29) is 0 Å². The van der Waals surface area contributed by atoms with Crippen molar-refractivity contribution in [3.8, 4) is 0 Å². The van der Waals surface area contributed by atoms with Crippen LogP contribution in [0.4, 0.5) is 0 Å². The van der Waals surface area contributed by atoms with Gasteiger partial charge < -0.3 is 5.11 Å². The molecule has 0 unspecified atom stereocenters. The molecular formula is C8H11N3O2S. The van der Waals surface area contributed by atoms with Crippen molar-refractivity contribution in [1.29, 1.82) is 0 Å². The maximum atomic E-state index is 11.3. The number of carboxylic acid groups (broad SMARTS) is 1. The fourth-order valence-electron chi connectivity index (χ4n) is 1.69. The molecule has 1 fully saturated rings. The smallest absolute Gasteiger partial charge is 0.331 e. The summed E-state index contributed by atoms with van der Waals surface area (Å²) in [6, 6.07) is 0. The Morgan fingerprint density at radius 1 is 1.50 bits per heavy atom. The van der Waals surface area contributed by atoms with Crippen molar-refractivity contribution in [3.05, 3.63) is 12.4 Å². The van der Waals surface area contributed by atoms with Crippen molar-refractivity contribution in [3.63, 3.8) is 0 Å². The van der Waals surface area contributed by atoms with Gasteiger partial charge in [0.05, 0.1) is 6.20 Å². The standard InChI is InChI=1S/C8H11N3O2S/c12-7(13)8(1-5-14-6-2-8)11-4-3-9-10-11/h3-4H,1-2,5-6H2,(H,12,13). The van der Waals surface area contributed by atoms with Gasteiger partial charge >= 0.3 is 5.97 Å². The molecule has 0 spiro atoms. The van der Waals surface area contributed by atoms with Crippen LogP contribution in [0.25, 0.3) is 0 Å². The van der Waals surface area contributed by atoms with E-state index in [0.29, 0.717) is 12.8 Å². The molecular weight excluding hydrogens is 202 g/mol. The Balaban J connectivity index is 2.35. The van der Waals surface area contributed by atoms with E-state index in [1.807, 2.05) is 0 Å². The zero-order chi connectivity index (χ0) is 10.0. The highest BCUT2D eigenvalue weighted by molar-refractivity contribution is 7.99. The van der Waals surface area contributed by atoms with Crippen LogP contribution in [0.3, 0.4) is 0 Å². The number of nitrogens with zero attached hydrogens (tertiary/aromatic N) is 3. The second-order valence-corrected chi connectivity index (χ2v) is 4.52. The number of aliphatic carboxylic acids is 1.